The van der Waals surface area contributed by atoms with Crippen molar-refractivity contribution in [2.75, 3.05) is 7.11 Å². The maximum atomic E-state index is 4.84. The van der Waals surface area contributed by atoms with Gasteiger partial charge in [-0.15, -0.1) is 0 Å². The third kappa shape index (κ3) is 3.58. The molecule has 0 aromatic heterocycles. The summed E-state index contributed by atoms with van der Waals surface area (Å²) in [5.74, 6) is 0.652. The van der Waals surface area contributed by atoms with Crippen molar-refractivity contribution in [1.82, 2.24) is 5.48 Å². The Bertz CT molecular complexity index is 324. The molecule has 0 atom stereocenters. The highest BCUT2D eigenvalue weighted by atomic mass is 79.9. The SMILES string of the molecule is CCC(CC)c1ccc(CNOC)cc1Br. The van der Waals surface area contributed by atoms with Gasteiger partial charge >= 0.3 is 0 Å². The largest absolute Gasteiger partial charge is 0.305 e. The first-order chi connectivity index (χ1) is 7.72. The van der Waals surface area contributed by atoms with Crippen LogP contribution in [0.2, 0.25) is 0 Å². The Kier molecular flexibility index (Phi) is 6.03. The van der Waals surface area contributed by atoms with Crippen LogP contribution in [0.15, 0.2) is 22.7 Å². The molecule has 0 radical (unpaired) electrons. The van der Waals surface area contributed by atoms with Gasteiger partial charge in [-0.1, -0.05) is 41.9 Å². The van der Waals surface area contributed by atoms with Gasteiger partial charge in [0, 0.05) is 11.0 Å². The highest BCUT2D eigenvalue weighted by molar-refractivity contribution is 9.10. The first-order valence-corrected chi connectivity index (χ1v) is 6.56. The average Bonchev–Trinajstić information content (AvgIpc) is 2.30. The molecular weight excluding hydrogens is 266 g/mol. The molecule has 0 heterocycles. The van der Waals surface area contributed by atoms with Gasteiger partial charge in [-0.05, 0) is 36.0 Å². The zero-order valence-electron chi connectivity index (χ0n) is 10.2. The quantitative estimate of drug-likeness (QED) is 0.798. The second-order valence-corrected chi connectivity index (χ2v) is 4.75. The third-order valence-electron chi connectivity index (χ3n) is 2.91. The molecule has 1 rings (SSSR count). The molecule has 0 aliphatic heterocycles. The van der Waals surface area contributed by atoms with Crippen LogP contribution in [0.3, 0.4) is 0 Å². The van der Waals surface area contributed by atoms with Crippen LogP contribution in [0, 0.1) is 0 Å². The summed E-state index contributed by atoms with van der Waals surface area (Å²) in [5, 5.41) is 0. The van der Waals surface area contributed by atoms with E-state index in [1.54, 1.807) is 7.11 Å². The standard InChI is InChI=1S/C13H20BrNO/c1-4-11(5-2)12-7-6-10(8-13(12)14)9-15-16-3/h6-8,11,15H,4-5,9H2,1-3H3. The molecule has 0 spiro atoms. The van der Waals surface area contributed by atoms with Crippen LogP contribution in [0.5, 0.6) is 0 Å². The molecule has 0 aliphatic carbocycles. The van der Waals surface area contributed by atoms with E-state index in [0.717, 1.165) is 6.54 Å². The number of hydrogen-bond donors (Lipinski definition) is 1. The van der Waals surface area contributed by atoms with Crippen molar-refractivity contribution in [2.24, 2.45) is 0 Å². The zero-order chi connectivity index (χ0) is 12.0. The Hall–Kier alpha value is -0.380. The van der Waals surface area contributed by atoms with E-state index in [-0.39, 0.29) is 0 Å². The van der Waals surface area contributed by atoms with Gasteiger partial charge in [0.1, 0.15) is 0 Å². The number of benzene rings is 1. The van der Waals surface area contributed by atoms with Crippen LogP contribution in [0.25, 0.3) is 0 Å². The van der Waals surface area contributed by atoms with E-state index in [2.05, 4.69) is 53.5 Å². The summed E-state index contributed by atoms with van der Waals surface area (Å²) in [5.41, 5.74) is 5.48. The van der Waals surface area contributed by atoms with Crippen molar-refractivity contribution in [3.05, 3.63) is 33.8 Å². The van der Waals surface area contributed by atoms with Crippen LogP contribution in [-0.4, -0.2) is 7.11 Å². The van der Waals surface area contributed by atoms with Gasteiger partial charge in [0.2, 0.25) is 0 Å². The van der Waals surface area contributed by atoms with Gasteiger partial charge < -0.3 is 4.84 Å². The lowest BCUT2D eigenvalue weighted by Crippen LogP contribution is -2.11. The van der Waals surface area contributed by atoms with Crippen molar-refractivity contribution in [3.63, 3.8) is 0 Å². The highest BCUT2D eigenvalue weighted by Crippen LogP contribution is 2.30. The molecule has 16 heavy (non-hydrogen) atoms. The predicted octanol–water partition coefficient (Wildman–Crippen LogP) is 4.00. The molecule has 0 aliphatic rings. The Balaban J connectivity index is 2.82. The number of hydroxylamine groups is 1. The van der Waals surface area contributed by atoms with E-state index in [9.17, 15) is 0 Å². The summed E-state index contributed by atoms with van der Waals surface area (Å²) in [4.78, 5) is 4.84. The predicted molar refractivity (Wildman–Crippen MR) is 71.3 cm³/mol. The lowest BCUT2D eigenvalue weighted by molar-refractivity contribution is 0.0867. The topological polar surface area (TPSA) is 21.3 Å². The zero-order valence-corrected chi connectivity index (χ0v) is 11.8. The van der Waals surface area contributed by atoms with Gasteiger partial charge in [0.25, 0.3) is 0 Å². The molecule has 0 saturated heterocycles. The summed E-state index contributed by atoms with van der Waals surface area (Å²) in [6, 6.07) is 6.54. The van der Waals surface area contributed by atoms with E-state index >= 15 is 0 Å². The van der Waals surface area contributed by atoms with Crippen molar-refractivity contribution in [3.8, 4) is 0 Å². The Labute approximate surface area is 106 Å². The summed E-state index contributed by atoms with van der Waals surface area (Å²) in [6.07, 6.45) is 2.37. The van der Waals surface area contributed by atoms with Crippen LogP contribution in [0.4, 0.5) is 0 Å². The molecule has 1 aromatic rings. The van der Waals surface area contributed by atoms with Crippen molar-refractivity contribution >= 4 is 15.9 Å². The van der Waals surface area contributed by atoms with E-state index < -0.39 is 0 Å². The second kappa shape index (κ2) is 7.05. The molecule has 0 amide bonds. The van der Waals surface area contributed by atoms with Crippen LogP contribution < -0.4 is 5.48 Å². The van der Waals surface area contributed by atoms with Gasteiger partial charge in [0.05, 0.1) is 7.11 Å². The molecule has 2 nitrogen and oxygen atoms in total. The third-order valence-corrected chi connectivity index (χ3v) is 3.60. The maximum Gasteiger partial charge on any atom is 0.0572 e. The van der Waals surface area contributed by atoms with Gasteiger partial charge in [0.15, 0.2) is 0 Å². The normalized spacial score (nSPS) is 11.1. The smallest absolute Gasteiger partial charge is 0.0572 e. The fourth-order valence-corrected chi connectivity index (χ4v) is 2.65. The summed E-state index contributed by atoms with van der Waals surface area (Å²) < 4.78 is 1.21. The van der Waals surface area contributed by atoms with Crippen LogP contribution in [0.1, 0.15) is 43.7 Å². The van der Waals surface area contributed by atoms with E-state index in [1.807, 2.05) is 0 Å². The van der Waals surface area contributed by atoms with Crippen molar-refractivity contribution < 1.29 is 4.84 Å². The average molecular weight is 286 g/mol. The van der Waals surface area contributed by atoms with Gasteiger partial charge in [-0.2, -0.15) is 5.48 Å². The Morgan fingerprint density at radius 3 is 2.50 bits per heavy atom. The molecule has 0 saturated carbocycles. The first kappa shape index (κ1) is 13.7. The van der Waals surface area contributed by atoms with Crippen LogP contribution in [-0.2, 0) is 11.4 Å². The molecule has 0 bridgehead atoms. The van der Waals surface area contributed by atoms with Crippen molar-refractivity contribution in [2.45, 2.75) is 39.2 Å². The minimum atomic E-state index is 0.652. The van der Waals surface area contributed by atoms with E-state index in [0.29, 0.717) is 5.92 Å². The van der Waals surface area contributed by atoms with Crippen molar-refractivity contribution in [1.29, 1.82) is 0 Å². The maximum absolute atomic E-state index is 4.84. The fraction of sp³-hybridized carbons (Fsp3) is 0.538. The Morgan fingerprint density at radius 1 is 1.31 bits per heavy atom. The van der Waals surface area contributed by atoms with E-state index in [4.69, 9.17) is 4.84 Å². The van der Waals surface area contributed by atoms with E-state index in [1.165, 1.54) is 28.4 Å². The highest BCUT2D eigenvalue weighted by Gasteiger charge is 2.10. The lowest BCUT2D eigenvalue weighted by Gasteiger charge is -2.15. The summed E-state index contributed by atoms with van der Waals surface area (Å²) in [7, 11) is 1.63. The molecule has 3 heteroatoms. The second-order valence-electron chi connectivity index (χ2n) is 3.89. The number of hydrogen-bond acceptors (Lipinski definition) is 2. The monoisotopic (exact) mass is 285 g/mol. The Morgan fingerprint density at radius 2 is 2.00 bits per heavy atom. The number of halogens is 1. The fourth-order valence-electron chi connectivity index (χ4n) is 1.90. The minimum Gasteiger partial charge on any atom is -0.305 e. The summed E-state index contributed by atoms with van der Waals surface area (Å²) in [6.45, 7) is 5.21. The molecule has 1 N–H and O–H groups in total. The molecule has 1 aromatic carbocycles. The molecule has 0 fully saturated rings. The lowest BCUT2D eigenvalue weighted by atomic mass is 9.93. The first-order valence-electron chi connectivity index (χ1n) is 5.77. The minimum absolute atomic E-state index is 0.652. The molecular formula is C13H20BrNO. The number of nitrogens with one attached hydrogen (secondary N) is 1. The summed E-state index contributed by atoms with van der Waals surface area (Å²) >= 11 is 3.65. The number of rotatable bonds is 6. The van der Waals surface area contributed by atoms with Gasteiger partial charge in [-0.25, -0.2) is 0 Å². The molecule has 90 valence electrons. The molecule has 0 unspecified atom stereocenters. The van der Waals surface area contributed by atoms with Crippen LogP contribution >= 0.6 is 15.9 Å². The van der Waals surface area contributed by atoms with Gasteiger partial charge in [-0.3, -0.25) is 0 Å².